The maximum Gasteiger partial charge on any atom is 0.222 e. The molecule has 2 aromatic rings. The van der Waals surface area contributed by atoms with Gasteiger partial charge in [0.05, 0.1) is 11.3 Å². The van der Waals surface area contributed by atoms with Gasteiger partial charge in [-0.1, -0.05) is 0 Å². The lowest BCUT2D eigenvalue weighted by Crippen LogP contribution is -2.00. The fourth-order valence-corrected chi connectivity index (χ4v) is 2.10. The molecule has 0 unspecified atom stereocenters. The molecular formula is C11H14IN5. The Hall–Kier alpha value is -1.18. The third-order valence-electron chi connectivity index (χ3n) is 2.37. The molecule has 0 aromatic carbocycles. The molecule has 0 saturated carbocycles. The molecule has 0 radical (unpaired) electrons. The minimum Gasteiger partial charge on any atom is -0.357 e. The average molecular weight is 343 g/mol. The number of aromatic nitrogens is 4. The maximum atomic E-state index is 4.46. The van der Waals surface area contributed by atoms with Gasteiger partial charge in [-0.05, 0) is 42.5 Å². The van der Waals surface area contributed by atoms with Crippen molar-refractivity contribution in [3.05, 3.63) is 22.2 Å². The van der Waals surface area contributed by atoms with Gasteiger partial charge >= 0.3 is 0 Å². The lowest BCUT2D eigenvalue weighted by atomic mass is 10.2. The van der Waals surface area contributed by atoms with E-state index >= 15 is 0 Å². The summed E-state index contributed by atoms with van der Waals surface area (Å²) in [7, 11) is 1.81. The highest BCUT2D eigenvalue weighted by atomic mass is 127. The van der Waals surface area contributed by atoms with Gasteiger partial charge in [0, 0.05) is 25.5 Å². The molecule has 0 aliphatic carbocycles. The van der Waals surface area contributed by atoms with Gasteiger partial charge in [0.25, 0.3) is 0 Å². The minimum atomic E-state index is 0.350. The van der Waals surface area contributed by atoms with E-state index in [0.29, 0.717) is 12.0 Å². The largest absolute Gasteiger partial charge is 0.357 e. The van der Waals surface area contributed by atoms with Crippen LogP contribution in [0.15, 0.2) is 18.5 Å². The number of nitrogens with zero attached hydrogens (tertiary/aromatic N) is 4. The van der Waals surface area contributed by atoms with Gasteiger partial charge in [0.15, 0.2) is 0 Å². The maximum absolute atomic E-state index is 4.46. The van der Waals surface area contributed by atoms with E-state index < -0.39 is 0 Å². The third kappa shape index (κ3) is 2.56. The van der Waals surface area contributed by atoms with Gasteiger partial charge in [-0.2, -0.15) is 5.10 Å². The SMILES string of the molecule is CNc1nccc(-c2cn(C(C)C)nc2I)n1. The van der Waals surface area contributed by atoms with Crippen LogP contribution in [0.5, 0.6) is 0 Å². The Morgan fingerprint density at radius 3 is 2.76 bits per heavy atom. The summed E-state index contributed by atoms with van der Waals surface area (Å²) in [5.74, 6) is 0.621. The van der Waals surface area contributed by atoms with Crippen LogP contribution in [0.4, 0.5) is 5.95 Å². The molecule has 0 aliphatic rings. The Bertz CT molecular complexity index is 520. The monoisotopic (exact) mass is 343 g/mol. The van der Waals surface area contributed by atoms with Crippen LogP contribution in [-0.2, 0) is 0 Å². The molecule has 0 spiro atoms. The Balaban J connectivity index is 2.45. The van der Waals surface area contributed by atoms with Crippen molar-refractivity contribution in [3.8, 4) is 11.3 Å². The molecule has 6 heteroatoms. The predicted octanol–water partition coefficient (Wildman–Crippen LogP) is 2.57. The van der Waals surface area contributed by atoms with Crippen LogP contribution >= 0.6 is 22.6 Å². The molecule has 2 rings (SSSR count). The van der Waals surface area contributed by atoms with E-state index in [2.05, 4.69) is 56.8 Å². The second-order valence-electron chi connectivity index (χ2n) is 3.92. The fourth-order valence-electron chi connectivity index (χ4n) is 1.44. The molecule has 0 bridgehead atoms. The third-order valence-corrected chi connectivity index (χ3v) is 3.17. The first kappa shape index (κ1) is 12.3. The fraction of sp³-hybridized carbons (Fsp3) is 0.364. The summed E-state index contributed by atoms with van der Waals surface area (Å²) in [6.07, 6.45) is 3.77. The first-order chi connectivity index (χ1) is 8.11. The minimum absolute atomic E-state index is 0.350. The standard InChI is InChI=1S/C11H14IN5/c1-7(2)17-6-8(10(12)16-17)9-4-5-14-11(13-3)15-9/h4-7H,1-3H3,(H,13,14,15). The highest BCUT2D eigenvalue weighted by Crippen LogP contribution is 2.24. The summed E-state index contributed by atoms with van der Waals surface area (Å²) in [6, 6.07) is 2.24. The summed E-state index contributed by atoms with van der Waals surface area (Å²) in [6.45, 7) is 4.21. The van der Waals surface area contributed by atoms with E-state index in [4.69, 9.17) is 0 Å². The quantitative estimate of drug-likeness (QED) is 0.871. The normalized spacial score (nSPS) is 10.9. The molecule has 0 amide bonds. The molecule has 1 N–H and O–H groups in total. The zero-order chi connectivity index (χ0) is 12.4. The van der Waals surface area contributed by atoms with Gasteiger partial charge < -0.3 is 5.32 Å². The summed E-state index contributed by atoms with van der Waals surface area (Å²) >= 11 is 2.23. The highest BCUT2D eigenvalue weighted by Gasteiger charge is 2.11. The number of hydrogen-bond donors (Lipinski definition) is 1. The van der Waals surface area contributed by atoms with Crippen molar-refractivity contribution in [3.63, 3.8) is 0 Å². The Labute approximate surface area is 114 Å². The van der Waals surface area contributed by atoms with Crippen LogP contribution in [0.1, 0.15) is 19.9 Å². The summed E-state index contributed by atoms with van der Waals surface area (Å²) < 4.78 is 2.90. The number of halogens is 1. The van der Waals surface area contributed by atoms with E-state index in [0.717, 1.165) is 15.0 Å². The van der Waals surface area contributed by atoms with Crippen LogP contribution in [-0.4, -0.2) is 26.8 Å². The second-order valence-corrected chi connectivity index (χ2v) is 4.94. The van der Waals surface area contributed by atoms with Crippen molar-refractivity contribution >= 4 is 28.5 Å². The van der Waals surface area contributed by atoms with E-state index in [1.165, 1.54) is 0 Å². The zero-order valence-electron chi connectivity index (χ0n) is 9.98. The smallest absolute Gasteiger partial charge is 0.222 e. The van der Waals surface area contributed by atoms with Crippen molar-refractivity contribution in [1.82, 2.24) is 19.7 Å². The van der Waals surface area contributed by atoms with Crippen molar-refractivity contribution in [2.45, 2.75) is 19.9 Å². The molecule has 5 nitrogen and oxygen atoms in total. The van der Waals surface area contributed by atoms with Crippen LogP contribution in [0.3, 0.4) is 0 Å². The topological polar surface area (TPSA) is 55.6 Å². The summed E-state index contributed by atoms with van der Waals surface area (Å²) in [4.78, 5) is 8.52. The van der Waals surface area contributed by atoms with Gasteiger partial charge in [-0.3, -0.25) is 4.68 Å². The van der Waals surface area contributed by atoms with E-state index in [1.807, 2.05) is 24.0 Å². The van der Waals surface area contributed by atoms with Crippen molar-refractivity contribution < 1.29 is 0 Å². The molecule has 2 heterocycles. The summed E-state index contributed by atoms with van der Waals surface area (Å²) in [5.41, 5.74) is 1.93. The van der Waals surface area contributed by atoms with Crippen LogP contribution in [0, 0.1) is 3.70 Å². The van der Waals surface area contributed by atoms with Crippen LogP contribution in [0.25, 0.3) is 11.3 Å². The number of anilines is 1. The molecule has 0 aliphatic heterocycles. The van der Waals surface area contributed by atoms with E-state index in [-0.39, 0.29) is 0 Å². The van der Waals surface area contributed by atoms with Crippen molar-refractivity contribution in [1.29, 1.82) is 0 Å². The second kappa shape index (κ2) is 4.99. The molecule has 0 atom stereocenters. The van der Waals surface area contributed by atoms with Crippen molar-refractivity contribution in [2.24, 2.45) is 0 Å². The average Bonchev–Trinajstić information content (AvgIpc) is 2.72. The first-order valence-electron chi connectivity index (χ1n) is 5.37. The van der Waals surface area contributed by atoms with E-state index in [9.17, 15) is 0 Å². The molecule has 90 valence electrons. The Morgan fingerprint density at radius 1 is 1.41 bits per heavy atom. The number of rotatable bonds is 3. The molecule has 0 fully saturated rings. The summed E-state index contributed by atoms with van der Waals surface area (Å²) in [5, 5.41) is 7.40. The van der Waals surface area contributed by atoms with Gasteiger partial charge in [-0.25, -0.2) is 9.97 Å². The molecule has 2 aromatic heterocycles. The zero-order valence-corrected chi connectivity index (χ0v) is 12.1. The lowest BCUT2D eigenvalue weighted by molar-refractivity contribution is 0.529. The number of hydrogen-bond acceptors (Lipinski definition) is 4. The first-order valence-corrected chi connectivity index (χ1v) is 6.45. The molecular weight excluding hydrogens is 329 g/mol. The van der Waals surface area contributed by atoms with E-state index in [1.54, 1.807) is 6.20 Å². The Morgan fingerprint density at radius 2 is 2.18 bits per heavy atom. The highest BCUT2D eigenvalue weighted by molar-refractivity contribution is 14.1. The van der Waals surface area contributed by atoms with Gasteiger partial charge in [0.2, 0.25) is 5.95 Å². The van der Waals surface area contributed by atoms with Gasteiger partial charge in [-0.15, -0.1) is 0 Å². The Kier molecular flexibility index (Phi) is 3.60. The van der Waals surface area contributed by atoms with Crippen LogP contribution in [0.2, 0.25) is 0 Å². The number of nitrogens with one attached hydrogen (secondary N) is 1. The van der Waals surface area contributed by atoms with Crippen LogP contribution < -0.4 is 5.32 Å². The predicted molar refractivity (Wildman–Crippen MR) is 75.9 cm³/mol. The lowest BCUT2D eigenvalue weighted by Gasteiger charge is -2.03. The molecule has 17 heavy (non-hydrogen) atoms. The molecule has 0 saturated heterocycles. The van der Waals surface area contributed by atoms with Crippen molar-refractivity contribution in [2.75, 3.05) is 12.4 Å². The van der Waals surface area contributed by atoms with Gasteiger partial charge in [0.1, 0.15) is 3.70 Å².